The standard InChI is InChI=1S/C21H30O5/c1-13-8-10-21(3)15(18(22)23)6-5-7-16(21)20(13,2)11-9-14-12-17(25-4)26-19(14)24/h6,12-13,16-17H,5,7-11H2,1-4H3,(H,22,23)/t13-,16-,17+,20+,21+/m1/s1. The second-order valence-electron chi connectivity index (χ2n) is 8.62. The Labute approximate surface area is 155 Å². The number of aliphatic carboxylic acids is 1. The van der Waals surface area contributed by atoms with Crippen molar-refractivity contribution in [1.82, 2.24) is 0 Å². The Hall–Kier alpha value is -1.62. The Morgan fingerprint density at radius 1 is 1.38 bits per heavy atom. The fraction of sp³-hybridized carbons (Fsp3) is 0.714. The minimum absolute atomic E-state index is 0.00572. The minimum Gasteiger partial charge on any atom is -0.478 e. The Bertz CT molecular complexity index is 663. The van der Waals surface area contributed by atoms with E-state index in [1.807, 2.05) is 6.08 Å². The van der Waals surface area contributed by atoms with Gasteiger partial charge in [0.15, 0.2) is 0 Å². The minimum atomic E-state index is -0.779. The lowest BCUT2D eigenvalue weighted by Gasteiger charge is -2.57. The summed E-state index contributed by atoms with van der Waals surface area (Å²) < 4.78 is 10.3. The summed E-state index contributed by atoms with van der Waals surface area (Å²) >= 11 is 0. The number of fused-ring (bicyclic) bond motifs is 1. The van der Waals surface area contributed by atoms with E-state index in [0.717, 1.165) is 32.1 Å². The van der Waals surface area contributed by atoms with Crippen molar-refractivity contribution in [2.24, 2.45) is 22.7 Å². The van der Waals surface area contributed by atoms with Gasteiger partial charge < -0.3 is 14.6 Å². The topological polar surface area (TPSA) is 72.8 Å². The highest BCUT2D eigenvalue weighted by Crippen LogP contribution is 2.62. The number of cyclic esters (lactones) is 1. The van der Waals surface area contributed by atoms with Crippen LogP contribution in [-0.4, -0.2) is 30.4 Å². The van der Waals surface area contributed by atoms with Crippen LogP contribution in [0.1, 0.15) is 59.3 Å². The molecule has 2 aliphatic carbocycles. The monoisotopic (exact) mass is 362 g/mol. The molecule has 0 saturated heterocycles. The Morgan fingerprint density at radius 2 is 2.12 bits per heavy atom. The predicted molar refractivity (Wildman–Crippen MR) is 97.3 cm³/mol. The van der Waals surface area contributed by atoms with E-state index in [-0.39, 0.29) is 16.8 Å². The first-order chi connectivity index (χ1) is 12.2. The summed E-state index contributed by atoms with van der Waals surface area (Å²) in [5.41, 5.74) is 0.979. The molecule has 0 aromatic heterocycles. The van der Waals surface area contributed by atoms with Gasteiger partial charge in [0.05, 0.1) is 0 Å². The summed E-state index contributed by atoms with van der Waals surface area (Å²) in [6.07, 6.45) is 8.39. The molecule has 5 nitrogen and oxygen atoms in total. The molecule has 3 aliphatic rings. The summed E-state index contributed by atoms with van der Waals surface area (Å²) in [7, 11) is 1.52. The fourth-order valence-corrected chi connectivity index (χ4v) is 5.59. The van der Waals surface area contributed by atoms with Crippen LogP contribution in [0.15, 0.2) is 23.3 Å². The highest BCUT2D eigenvalue weighted by molar-refractivity contribution is 5.90. The lowest BCUT2D eigenvalue weighted by molar-refractivity contribution is -0.155. The molecular formula is C21H30O5. The first-order valence-electron chi connectivity index (χ1n) is 9.61. The number of rotatable bonds is 5. The zero-order valence-corrected chi connectivity index (χ0v) is 16.2. The largest absolute Gasteiger partial charge is 0.478 e. The van der Waals surface area contributed by atoms with Gasteiger partial charge in [-0.15, -0.1) is 0 Å². The third kappa shape index (κ3) is 3.00. The van der Waals surface area contributed by atoms with Gasteiger partial charge >= 0.3 is 11.9 Å². The van der Waals surface area contributed by atoms with E-state index in [1.165, 1.54) is 7.11 Å². The maximum atomic E-state index is 12.0. The van der Waals surface area contributed by atoms with Gasteiger partial charge in [-0.05, 0) is 61.9 Å². The summed E-state index contributed by atoms with van der Waals surface area (Å²) in [6.45, 7) is 6.70. The number of methoxy groups -OCH3 is 1. The van der Waals surface area contributed by atoms with Crippen LogP contribution in [-0.2, 0) is 19.1 Å². The fourth-order valence-electron chi connectivity index (χ4n) is 5.59. The molecule has 1 N–H and O–H groups in total. The van der Waals surface area contributed by atoms with Crippen molar-refractivity contribution in [2.45, 2.75) is 65.6 Å². The van der Waals surface area contributed by atoms with E-state index in [1.54, 1.807) is 6.08 Å². The molecule has 144 valence electrons. The molecule has 0 radical (unpaired) electrons. The summed E-state index contributed by atoms with van der Waals surface area (Å²) in [5.74, 6) is -0.267. The van der Waals surface area contributed by atoms with Crippen LogP contribution >= 0.6 is 0 Å². The van der Waals surface area contributed by atoms with Crippen LogP contribution < -0.4 is 0 Å². The number of carbonyl (C=O) groups excluding carboxylic acids is 1. The second kappa shape index (κ2) is 6.84. The second-order valence-corrected chi connectivity index (χ2v) is 8.62. The first-order valence-corrected chi connectivity index (χ1v) is 9.61. The molecule has 5 heteroatoms. The molecule has 26 heavy (non-hydrogen) atoms. The molecule has 1 heterocycles. The summed E-state index contributed by atoms with van der Waals surface area (Å²) in [4.78, 5) is 23.9. The molecule has 0 aromatic carbocycles. The van der Waals surface area contributed by atoms with Gasteiger partial charge in [-0.3, -0.25) is 0 Å². The smallest absolute Gasteiger partial charge is 0.336 e. The molecule has 0 bridgehead atoms. The van der Waals surface area contributed by atoms with Crippen LogP contribution in [0.3, 0.4) is 0 Å². The quantitative estimate of drug-likeness (QED) is 0.746. The van der Waals surface area contributed by atoms with Crippen molar-refractivity contribution < 1.29 is 24.2 Å². The van der Waals surface area contributed by atoms with Gasteiger partial charge in [0.25, 0.3) is 0 Å². The maximum Gasteiger partial charge on any atom is 0.336 e. The summed E-state index contributed by atoms with van der Waals surface area (Å²) in [6, 6.07) is 0. The van der Waals surface area contributed by atoms with Gasteiger partial charge in [-0.25, -0.2) is 9.59 Å². The van der Waals surface area contributed by atoms with Gasteiger partial charge in [-0.1, -0.05) is 26.8 Å². The van der Waals surface area contributed by atoms with Gasteiger partial charge in [0.1, 0.15) is 0 Å². The van der Waals surface area contributed by atoms with E-state index in [4.69, 9.17) is 9.47 Å². The highest BCUT2D eigenvalue weighted by Gasteiger charge is 2.55. The molecule has 3 rings (SSSR count). The number of ether oxygens (including phenoxy) is 2. The number of esters is 1. The van der Waals surface area contributed by atoms with Crippen LogP contribution in [0, 0.1) is 22.7 Å². The number of carboxylic acid groups (broad SMARTS) is 1. The molecule has 5 atom stereocenters. The number of hydrogen-bond acceptors (Lipinski definition) is 4. The van der Waals surface area contributed by atoms with E-state index < -0.39 is 12.3 Å². The summed E-state index contributed by atoms with van der Waals surface area (Å²) in [5, 5.41) is 9.72. The third-order valence-electron chi connectivity index (χ3n) is 7.43. The Kier molecular flexibility index (Phi) is 5.04. The van der Waals surface area contributed by atoms with Crippen LogP contribution in [0.2, 0.25) is 0 Å². The number of allylic oxidation sites excluding steroid dienone is 1. The van der Waals surface area contributed by atoms with Crippen molar-refractivity contribution in [3.05, 3.63) is 23.3 Å². The van der Waals surface area contributed by atoms with Crippen LogP contribution in [0.25, 0.3) is 0 Å². The van der Waals surface area contributed by atoms with E-state index in [0.29, 0.717) is 29.4 Å². The van der Waals surface area contributed by atoms with Gasteiger partial charge in [0, 0.05) is 23.7 Å². The highest BCUT2D eigenvalue weighted by atomic mass is 16.7. The SMILES string of the molecule is CO[C@@H]1C=C(CC[C@@]2(C)[C@H](C)CC[C@@]3(C)C(C(=O)O)=CCC[C@H]23)C(=O)O1. The van der Waals surface area contributed by atoms with Crippen molar-refractivity contribution >= 4 is 11.9 Å². The van der Waals surface area contributed by atoms with Gasteiger partial charge in [-0.2, -0.15) is 0 Å². The average Bonchev–Trinajstić information content (AvgIpc) is 2.96. The van der Waals surface area contributed by atoms with Crippen molar-refractivity contribution in [3.63, 3.8) is 0 Å². The van der Waals surface area contributed by atoms with Crippen LogP contribution in [0.4, 0.5) is 0 Å². The number of carbonyl (C=O) groups is 2. The molecule has 1 saturated carbocycles. The molecule has 0 amide bonds. The van der Waals surface area contributed by atoms with Crippen molar-refractivity contribution in [2.75, 3.05) is 7.11 Å². The first kappa shape index (κ1) is 19.2. The molecule has 0 spiro atoms. The van der Waals surface area contributed by atoms with Gasteiger partial charge in [0.2, 0.25) is 6.29 Å². The van der Waals surface area contributed by atoms with E-state index >= 15 is 0 Å². The Balaban J connectivity index is 1.84. The molecular weight excluding hydrogens is 332 g/mol. The Morgan fingerprint density at radius 3 is 2.73 bits per heavy atom. The van der Waals surface area contributed by atoms with E-state index in [9.17, 15) is 14.7 Å². The zero-order valence-electron chi connectivity index (χ0n) is 16.2. The third-order valence-corrected chi connectivity index (χ3v) is 7.43. The molecule has 1 aliphatic heterocycles. The molecule has 0 aromatic rings. The molecule has 1 fully saturated rings. The number of hydrogen-bond donors (Lipinski definition) is 1. The zero-order chi connectivity index (χ0) is 19.1. The van der Waals surface area contributed by atoms with Crippen LogP contribution in [0.5, 0.6) is 0 Å². The maximum absolute atomic E-state index is 12.0. The lowest BCUT2D eigenvalue weighted by Crippen LogP contribution is -2.51. The number of carboxylic acids is 1. The molecule has 0 unspecified atom stereocenters. The van der Waals surface area contributed by atoms with Crippen molar-refractivity contribution in [3.8, 4) is 0 Å². The normalized spacial score (nSPS) is 39.7. The lowest BCUT2D eigenvalue weighted by atomic mass is 9.46. The average molecular weight is 362 g/mol. The van der Waals surface area contributed by atoms with Crippen molar-refractivity contribution in [1.29, 1.82) is 0 Å². The van der Waals surface area contributed by atoms with E-state index in [2.05, 4.69) is 20.8 Å². The predicted octanol–water partition coefficient (Wildman–Crippen LogP) is 4.09.